The summed E-state index contributed by atoms with van der Waals surface area (Å²) in [4.78, 5) is 22.8. The van der Waals surface area contributed by atoms with E-state index in [1.807, 2.05) is 0 Å². The molecule has 0 saturated heterocycles. The molecule has 0 heterocycles. The van der Waals surface area contributed by atoms with Gasteiger partial charge >= 0.3 is 11.9 Å². The Morgan fingerprint density at radius 3 is 1.96 bits per heavy atom. The van der Waals surface area contributed by atoms with E-state index in [1.165, 1.54) is 76.7 Å². The fourth-order valence-corrected chi connectivity index (χ4v) is 3.23. The number of hydrogen-bond acceptors (Lipinski definition) is 3. The standard InChI is InChI=1S/C24H42O4/c1-3-5-6-7-8-9-10-11-12-13-14-15-16-17-18-19-22(21-23(25)26)24(27)28-20-4-2/h4,16-17,22H,2-3,5-15,18-21H2,1H3,(H,25,26)/b17-16+. The summed E-state index contributed by atoms with van der Waals surface area (Å²) in [5, 5.41) is 8.94. The Balaban J connectivity index is 3.64. The molecule has 162 valence electrons. The van der Waals surface area contributed by atoms with Crippen LogP contribution in [0.15, 0.2) is 24.8 Å². The third-order valence-electron chi connectivity index (χ3n) is 4.92. The van der Waals surface area contributed by atoms with E-state index < -0.39 is 17.9 Å². The Morgan fingerprint density at radius 2 is 1.43 bits per heavy atom. The van der Waals surface area contributed by atoms with E-state index in [2.05, 4.69) is 25.7 Å². The van der Waals surface area contributed by atoms with Gasteiger partial charge < -0.3 is 9.84 Å². The van der Waals surface area contributed by atoms with Crippen LogP contribution < -0.4 is 0 Å². The quantitative estimate of drug-likeness (QED) is 0.139. The van der Waals surface area contributed by atoms with Gasteiger partial charge in [-0.1, -0.05) is 95.9 Å². The molecule has 0 saturated carbocycles. The summed E-state index contributed by atoms with van der Waals surface area (Å²) in [5.74, 6) is -1.99. The maximum absolute atomic E-state index is 11.9. The number of carboxylic acids is 1. The number of hydrogen-bond donors (Lipinski definition) is 1. The maximum Gasteiger partial charge on any atom is 0.309 e. The third-order valence-corrected chi connectivity index (χ3v) is 4.92. The van der Waals surface area contributed by atoms with Crippen molar-refractivity contribution in [2.75, 3.05) is 6.61 Å². The molecule has 1 atom stereocenters. The van der Waals surface area contributed by atoms with Crippen molar-refractivity contribution in [1.29, 1.82) is 0 Å². The first-order valence-corrected chi connectivity index (χ1v) is 11.3. The predicted octanol–water partition coefficient (Wildman–Crippen LogP) is 6.84. The van der Waals surface area contributed by atoms with Gasteiger partial charge in [-0.3, -0.25) is 9.59 Å². The van der Waals surface area contributed by atoms with E-state index in [4.69, 9.17) is 9.84 Å². The van der Waals surface area contributed by atoms with Gasteiger partial charge in [0.05, 0.1) is 12.3 Å². The Hall–Kier alpha value is -1.58. The summed E-state index contributed by atoms with van der Waals surface area (Å²) in [6, 6.07) is 0. The lowest BCUT2D eigenvalue weighted by Crippen LogP contribution is -2.21. The zero-order valence-corrected chi connectivity index (χ0v) is 18.0. The average molecular weight is 395 g/mol. The van der Waals surface area contributed by atoms with Crippen LogP contribution in [0.4, 0.5) is 0 Å². The minimum Gasteiger partial charge on any atom is -0.481 e. The summed E-state index contributed by atoms with van der Waals surface area (Å²) in [6.07, 6.45) is 22.6. The van der Waals surface area contributed by atoms with Gasteiger partial charge in [0, 0.05) is 0 Å². The van der Waals surface area contributed by atoms with Crippen LogP contribution in [0, 0.1) is 5.92 Å². The van der Waals surface area contributed by atoms with Gasteiger partial charge in [-0.15, -0.1) is 0 Å². The highest BCUT2D eigenvalue weighted by Crippen LogP contribution is 2.15. The largest absolute Gasteiger partial charge is 0.481 e. The Morgan fingerprint density at radius 1 is 0.893 bits per heavy atom. The molecule has 1 N–H and O–H groups in total. The van der Waals surface area contributed by atoms with E-state index >= 15 is 0 Å². The van der Waals surface area contributed by atoms with Crippen molar-refractivity contribution in [1.82, 2.24) is 0 Å². The number of esters is 1. The van der Waals surface area contributed by atoms with E-state index in [1.54, 1.807) is 0 Å². The van der Waals surface area contributed by atoms with Crippen LogP contribution in [-0.2, 0) is 14.3 Å². The molecule has 0 radical (unpaired) electrons. The second-order valence-electron chi connectivity index (χ2n) is 7.59. The lowest BCUT2D eigenvalue weighted by atomic mass is 9.99. The van der Waals surface area contributed by atoms with Gasteiger partial charge in [-0.25, -0.2) is 0 Å². The fraction of sp³-hybridized carbons (Fsp3) is 0.750. The molecule has 4 heteroatoms. The minimum absolute atomic E-state index is 0.129. The molecule has 1 unspecified atom stereocenters. The van der Waals surface area contributed by atoms with Crippen molar-refractivity contribution < 1.29 is 19.4 Å². The van der Waals surface area contributed by atoms with E-state index in [0.29, 0.717) is 12.8 Å². The topological polar surface area (TPSA) is 63.6 Å². The molecule has 0 aromatic heterocycles. The molecule has 28 heavy (non-hydrogen) atoms. The van der Waals surface area contributed by atoms with Crippen LogP contribution in [0.3, 0.4) is 0 Å². The van der Waals surface area contributed by atoms with Crippen molar-refractivity contribution >= 4 is 11.9 Å². The molecule has 0 spiro atoms. The summed E-state index contributed by atoms with van der Waals surface area (Å²) < 4.78 is 4.98. The van der Waals surface area contributed by atoms with Gasteiger partial charge in [-0.2, -0.15) is 0 Å². The highest BCUT2D eigenvalue weighted by molar-refractivity contribution is 5.79. The molecule has 4 nitrogen and oxygen atoms in total. The summed E-state index contributed by atoms with van der Waals surface area (Å²) in [7, 11) is 0. The van der Waals surface area contributed by atoms with Crippen LogP contribution in [0.2, 0.25) is 0 Å². The summed E-state index contributed by atoms with van der Waals surface area (Å²) in [5.41, 5.74) is 0. The van der Waals surface area contributed by atoms with Gasteiger partial charge in [0.1, 0.15) is 6.61 Å². The van der Waals surface area contributed by atoms with Gasteiger partial charge in [0.2, 0.25) is 0 Å². The second-order valence-corrected chi connectivity index (χ2v) is 7.59. The van der Waals surface area contributed by atoms with Gasteiger partial charge in [0.25, 0.3) is 0 Å². The molecule has 0 fully saturated rings. The molecule has 0 bridgehead atoms. The number of ether oxygens (including phenoxy) is 1. The molecule has 0 aliphatic heterocycles. The molecular formula is C24H42O4. The van der Waals surface area contributed by atoms with Crippen LogP contribution in [-0.4, -0.2) is 23.7 Å². The molecule has 0 rings (SSSR count). The van der Waals surface area contributed by atoms with Crippen LogP contribution in [0.25, 0.3) is 0 Å². The van der Waals surface area contributed by atoms with Crippen LogP contribution in [0.5, 0.6) is 0 Å². The van der Waals surface area contributed by atoms with Crippen molar-refractivity contribution in [3.63, 3.8) is 0 Å². The minimum atomic E-state index is -0.967. The maximum atomic E-state index is 11.9. The van der Waals surface area contributed by atoms with Crippen molar-refractivity contribution in [2.24, 2.45) is 5.92 Å². The molecule has 0 aliphatic rings. The van der Waals surface area contributed by atoms with Crippen molar-refractivity contribution in [3.05, 3.63) is 24.8 Å². The fourth-order valence-electron chi connectivity index (χ4n) is 3.23. The zero-order chi connectivity index (χ0) is 20.9. The molecule has 0 aliphatic carbocycles. The summed E-state index contributed by atoms with van der Waals surface area (Å²) >= 11 is 0. The smallest absolute Gasteiger partial charge is 0.309 e. The lowest BCUT2D eigenvalue weighted by molar-refractivity contribution is -0.152. The second kappa shape index (κ2) is 20.2. The van der Waals surface area contributed by atoms with Crippen molar-refractivity contribution in [3.8, 4) is 0 Å². The first kappa shape index (κ1) is 26.4. The van der Waals surface area contributed by atoms with Crippen LogP contribution in [0.1, 0.15) is 103 Å². The molecular weight excluding hydrogens is 352 g/mol. The molecule has 0 aromatic carbocycles. The van der Waals surface area contributed by atoms with E-state index in [0.717, 1.165) is 6.42 Å². The van der Waals surface area contributed by atoms with Crippen molar-refractivity contribution in [2.45, 2.75) is 103 Å². The first-order chi connectivity index (χ1) is 13.6. The monoisotopic (exact) mass is 394 g/mol. The Bertz CT molecular complexity index is 428. The Kier molecular flexibility index (Phi) is 19.0. The van der Waals surface area contributed by atoms with E-state index in [9.17, 15) is 9.59 Å². The van der Waals surface area contributed by atoms with Gasteiger partial charge in [-0.05, 0) is 25.7 Å². The molecule has 0 amide bonds. The number of carbonyl (C=O) groups is 2. The number of carboxylic acid groups (broad SMARTS) is 1. The normalized spacial score (nSPS) is 12.2. The predicted molar refractivity (Wildman–Crippen MR) is 116 cm³/mol. The number of unbranched alkanes of at least 4 members (excludes halogenated alkanes) is 11. The number of carbonyl (C=O) groups excluding carboxylic acids is 1. The third kappa shape index (κ3) is 17.8. The average Bonchev–Trinajstić information content (AvgIpc) is 2.67. The van der Waals surface area contributed by atoms with Crippen LogP contribution >= 0.6 is 0 Å². The zero-order valence-electron chi connectivity index (χ0n) is 18.0. The SMILES string of the molecule is C=CCOC(=O)C(CC/C=C/CCCCCCCCCCCCC)CC(=O)O. The molecule has 0 aromatic rings. The number of aliphatic carboxylic acids is 1. The van der Waals surface area contributed by atoms with E-state index in [-0.39, 0.29) is 13.0 Å². The van der Waals surface area contributed by atoms with Gasteiger partial charge in [0.15, 0.2) is 0 Å². The lowest BCUT2D eigenvalue weighted by Gasteiger charge is -2.12. The number of allylic oxidation sites excluding steroid dienone is 2. The Labute approximate surface area is 172 Å². The highest BCUT2D eigenvalue weighted by atomic mass is 16.5. The summed E-state index contributed by atoms with van der Waals surface area (Å²) in [6.45, 7) is 5.88. The number of rotatable bonds is 20. The first-order valence-electron chi connectivity index (χ1n) is 11.3. The highest BCUT2D eigenvalue weighted by Gasteiger charge is 2.22.